The van der Waals surface area contributed by atoms with E-state index >= 15 is 0 Å². The number of rotatable bonds is 4. The van der Waals surface area contributed by atoms with E-state index in [1.54, 1.807) is 20.2 Å². The number of nitrogens with zero attached hydrogens (tertiary/aromatic N) is 3. The van der Waals surface area contributed by atoms with Gasteiger partial charge in [0.1, 0.15) is 11.8 Å². The van der Waals surface area contributed by atoms with E-state index in [1.807, 2.05) is 0 Å². The largest absolute Gasteiger partial charge is 0.394 e. The summed E-state index contributed by atoms with van der Waals surface area (Å²) < 4.78 is 12.3. The van der Waals surface area contributed by atoms with Crippen molar-refractivity contribution in [3.8, 4) is 0 Å². The quantitative estimate of drug-likeness (QED) is 0.606. The molecule has 1 fully saturated rings. The minimum Gasteiger partial charge on any atom is -0.394 e. The van der Waals surface area contributed by atoms with E-state index in [0.717, 1.165) is 0 Å². The van der Waals surface area contributed by atoms with Gasteiger partial charge in [0.05, 0.1) is 31.6 Å². The molecule has 1 aliphatic rings. The zero-order chi connectivity index (χ0) is 14.0. The first-order chi connectivity index (χ1) is 9.02. The number of aliphatic hydroxyl groups is 3. The summed E-state index contributed by atoms with van der Waals surface area (Å²) >= 11 is 0. The molecule has 1 saturated heterocycles. The summed E-state index contributed by atoms with van der Waals surface area (Å²) in [4.78, 5) is 0. The van der Waals surface area contributed by atoms with Crippen molar-refractivity contribution in [1.82, 2.24) is 15.0 Å². The van der Waals surface area contributed by atoms with Crippen LogP contribution in [0.5, 0.6) is 0 Å². The lowest BCUT2D eigenvalue weighted by molar-refractivity contribution is -0.291. The summed E-state index contributed by atoms with van der Waals surface area (Å²) in [5.41, 5.74) is 0.590. The van der Waals surface area contributed by atoms with Gasteiger partial charge in [0.25, 0.3) is 0 Å². The molecule has 0 aliphatic carbocycles. The molecule has 2 heterocycles. The van der Waals surface area contributed by atoms with E-state index in [1.165, 1.54) is 4.68 Å². The van der Waals surface area contributed by atoms with Crippen LogP contribution in [0.1, 0.15) is 12.6 Å². The van der Waals surface area contributed by atoms with Gasteiger partial charge in [-0.25, -0.2) is 0 Å². The molecule has 1 aromatic rings. The fraction of sp³-hybridized carbons (Fsp3) is 0.818. The van der Waals surface area contributed by atoms with Crippen LogP contribution < -0.4 is 0 Å². The molecule has 108 valence electrons. The zero-order valence-corrected chi connectivity index (χ0v) is 10.9. The second kappa shape index (κ2) is 5.93. The van der Waals surface area contributed by atoms with E-state index in [9.17, 15) is 15.3 Å². The van der Waals surface area contributed by atoms with Crippen LogP contribution in [0.3, 0.4) is 0 Å². The number of aromatic nitrogens is 3. The smallest absolute Gasteiger partial charge is 0.186 e. The van der Waals surface area contributed by atoms with Gasteiger partial charge in [-0.15, -0.1) is 5.10 Å². The first kappa shape index (κ1) is 14.4. The fourth-order valence-corrected chi connectivity index (χ4v) is 2.04. The molecule has 0 radical (unpaired) electrons. The molecule has 0 saturated carbocycles. The molecule has 0 aromatic carbocycles. The Balaban J connectivity index is 1.95. The second-order valence-corrected chi connectivity index (χ2v) is 4.76. The Hall–Kier alpha value is -1.06. The third-order valence-corrected chi connectivity index (χ3v) is 3.29. The summed E-state index contributed by atoms with van der Waals surface area (Å²) in [6.45, 7) is 1.57. The summed E-state index contributed by atoms with van der Waals surface area (Å²) in [6, 6.07) is 0. The lowest BCUT2D eigenvalue weighted by Crippen LogP contribution is -2.55. The second-order valence-electron chi connectivity index (χ2n) is 4.76. The fourth-order valence-electron chi connectivity index (χ4n) is 2.04. The van der Waals surface area contributed by atoms with E-state index in [-0.39, 0.29) is 19.1 Å². The van der Waals surface area contributed by atoms with Crippen LogP contribution in [0, 0.1) is 5.92 Å². The van der Waals surface area contributed by atoms with Crippen LogP contribution >= 0.6 is 0 Å². The third kappa shape index (κ3) is 3.10. The highest BCUT2D eigenvalue weighted by Crippen LogP contribution is 2.26. The highest BCUT2D eigenvalue weighted by Gasteiger charge is 2.42. The van der Waals surface area contributed by atoms with Crippen molar-refractivity contribution in [2.24, 2.45) is 13.0 Å². The maximum atomic E-state index is 9.88. The van der Waals surface area contributed by atoms with Crippen molar-refractivity contribution < 1.29 is 24.8 Å². The number of aliphatic hydroxyl groups excluding tert-OH is 3. The Morgan fingerprint density at radius 2 is 2.16 bits per heavy atom. The molecule has 8 heteroatoms. The minimum absolute atomic E-state index is 0.106. The third-order valence-electron chi connectivity index (χ3n) is 3.29. The van der Waals surface area contributed by atoms with Crippen molar-refractivity contribution >= 4 is 0 Å². The van der Waals surface area contributed by atoms with Crippen molar-refractivity contribution in [3.63, 3.8) is 0 Å². The van der Waals surface area contributed by atoms with Crippen LogP contribution in [-0.4, -0.2) is 61.5 Å². The van der Waals surface area contributed by atoms with Crippen LogP contribution in [0.25, 0.3) is 0 Å². The van der Waals surface area contributed by atoms with E-state index < -0.39 is 24.6 Å². The normalized spacial score (nSPS) is 35.5. The summed E-state index contributed by atoms with van der Waals surface area (Å²) in [5, 5.41) is 36.5. The Morgan fingerprint density at radius 1 is 1.42 bits per heavy atom. The molecule has 0 amide bonds. The Morgan fingerprint density at radius 3 is 2.74 bits per heavy atom. The maximum absolute atomic E-state index is 9.88. The molecule has 0 unspecified atom stereocenters. The van der Waals surface area contributed by atoms with Gasteiger partial charge in [0.15, 0.2) is 6.29 Å². The highest BCUT2D eigenvalue weighted by molar-refractivity contribution is 4.90. The monoisotopic (exact) mass is 273 g/mol. The Kier molecular flexibility index (Phi) is 4.48. The van der Waals surface area contributed by atoms with Crippen LogP contribution in [0.15, 0.2) is 6.20 Å². The predicted molar refractivity (Wildman–Crippen MR) is 62.7 cm³/mol. The average molecular weight is 273 g/mol. The number of hydrogen-bond acceptors (Lipinski definition) is 7. The molecule has 0 spiro atoms. The Labute approximate surface area is 110 Å². The molecule has 0 bridgehead atoms. The minimum atomic E-state index is -1.16. The molecule has 3 N–H and O–H groups in total. The average Bonchev–Trinajstić information content (AvgIpc) is 2.81. The van der Waals surface area contributed by atoms with E-state index in [4.69, 9.17) is 9.47 Å². The van der Waals surface area contributed by atoms with Crippen molar-refractivity contribution in [1.29, 1.82) is 0 Å². The number of aryl methyl sites for hydroxylation is 1. The van der Waals surface area contributed by atoms with Gasteiger partial charge in [0.2, 0.25) is 0 Å². The topological polar surface area (TPSA) is 110 Å². The molecule has 8 nitrogen and oxygen atoms in total. The first-order valence-electron chi connectivity index (χ1n) is 6.12. The number of hydrogen-bond donors (Lipinski definition) is 3. The predicted octanol–water partition coefficient (Wildman–Crippen LogP) is -1.59. The molecule has 1 aliphatic heterocycles. The van der Waals surface area contributed by atoms with Gasteiger partial charge < -0.3 is 24.8 Å². The molecule has 19 heavy (non-hydrogen) atoms. The number of ether oxygens (including phenoxy) is 2. The van der Waals surface area contributed by atoms with Crippen LogP contribution in [0.4, 0.5) is 0 Å². The highest BCUT2D eigenvalue weighted by atomic mass is 16.7. The molecule has 1 aromatic heterocycles. The SMILES string of the molecule is C[C@@H]1[C@H](O)[C@@H](O)[C@H](OCc2cn(C)nn2)O[C@@H]1CO. The van der Waals surface area contributed by atoms with Crippen molar-refractivity contribution in [2.75, 3.05) is 6.61 Å². The van der Waals surface area contributed by atoms with Gasteiger partial charge in [-0.05, 0) is 0 Å². The van der Waals surface area contributed by atoms with Gasteiger partial charge in [-0.1, -0.05) is 12.1 Å². The van der Waals surface area contributed by atoms with E-state index in [2.05, 4.69) is 10.3 Å². The Bertz CT molecular complexity index is 411. The lowest BCUT2D eigenvalue weighted by atomic mass is 9.91. The van der Waals surface area contributed by atoms with Crippen LogP contribution in [-0.2, 0) is 23.1 Å². The zero-order valence-electron chi connectivity index (χ0n) is 10.9. The standard InChI is InChI=1S/C11H19N3O5/c1-6-8(4-15)19-11(10(17)9(6)16)18-5-7-3-14(2)13-12-7/h3,6,8-11,15-17H,4-5H2,1-2H3/t6-,8+,9-,10+,11+/m0/s1. The molecular formula is C11H19N3O5. The molecule has 2 rings (SSSR count). The first-order valence-corrected chi connectivity index (χ1v) is 6.12. The molecule has 5 atom stereocenters. The summed E-state index contributed by atoms with van der Waals surface area (Å²) in [7, 11) is 1.73. The van der Waals surface area contributed by atoms with Crippen molar-refractivity contribution in [3.05, 3.63) is 11.9 Å². The van der Waals surface area contributed by atoms with Gasteiger partial charge in [-0.3, -0.25) is 4.68 Å². The summed E-state index contributed by atoms with van der Waals surface area (Å²) in [5.74, 6) is -0.364. The van der Waals surface area contributed by atoms with Crippen molar-refractivity contribution in [2.45, 2.75) is 38.1 Å². The van der Waals surface area contributed by atoms with Gasteiger partial charge in [0, 0.05) is 13.0 Å². The summed E-state index contributed by atoms with van der Waals surface area (Å²) in [6.07, 6.45) is -2.04. The van der Waals surface area contributed by atoms with Crippen LogP contribution in [0.2, 0.25) is 0 Å². The molecular weight excluding hydrogens is 254 g/mol. The van der Waals surface area contributed by atoms with E-state index in [0.29, 0.717) is 5.69 Å². The lowest BCUT2D eigenvalue weighted by Gasteiger charge is -2.40. The maximum Gasteiger partial charge on any atom is 0.186 e. The van der Waals surface area contributed by atoms with Gasteiger partial charge >= 0.3 is 0 Å². The van der Waals surface area contributed by atoms with Gasteiger partial charge in [-0.2, -0.15) is 0 Å².